The van der Waals surface area contributed by atoms with Gasteiger partial charge in [0.25, 0.3) is 0 Å². The van der Waals surface area contributed by atoms with Gasteiger partial charge in [-0.1, -0.05) is 38.2 Å². The van der Waals surface area contributed by atoms with Crippen LogP contribution in [0.15, 0.2) is 12.7 Å². The summed E-state index contributed by atoms with van der Waals surface area (Å²) in [4.78, 5) is 0. The fourth-order valence-electron chi connectivity index (χ4n) is 2.40. The molecule has 0 aromatic rings. The lowest BCUT2D eigenvalue weighted by atomic mass is 10.1. The maximum absolute atomic E-state index is 9.68. The summed E-state index contributed by atoms with van der Waals surface area (Å²) in [5.41, 5.74) is 0. The molecule has 1 aliphatic rings. The maximum Gasteiger partial charge on any atom is 0.186 e. The molecule has 0 unspecified atom stereocenters. The molecule has 1 aliphatic heterocycles. The molecule has 21 heavy (non-hydrogen) atoms. The minimum Gasteiger partial charge on any atom is -0.388 e. The summed E-state index contributed by atoms with van der Waals surface area (Å²) in [5, 5.41) is 28.5. The van der Waals surface area contributed by atoms with Crippen LogP contribution in [-0.4, -0.2) is 53.1 Å². The van der Waals surface area contributed by atoms with Gasteiger partial charge in [-0.25, -0.2) is 0 Å². The number of hydrogen-bond donors (Lipinski definition) is 3. The largest absolute Gasteiger partial charge is 0.388 e. The molecule has 5 nitrogen and oxygen atoms in total. The van der Waals surface area contributed by atoms with Crippen LogP contribution in [0.1, 0.15) is 51.4 Å². The van der Waals surface area contributed by atoms with Crippen molar-refractivity contribution in [3.05, 3.63) is 12.7 Å². The average molecular weight is 302 g/mol. The van der Waals surface area contributed by atoms with Crippen molar-refractivity contribution in [2.24, 2.45) is 0 Å². The molecule has 0 amide bonds. The SMILES string of the molecule is C=CCCCCCCCCCO[C@H]1OC[C@@H](O)[C@H](O)[C@H]1O. The first kappa shape index (κ1) is 18.6. The second-order valence-corrected chi connectivity index (χ2v) is 5.67. The highest BCUT2D eigenvalue weighted by molar-refractivity contribution is 4.82. The molecular weight excluding hydrogens is 272 g/mol. The summed E-state index contributed by atoms with van der Waals surface area (Å²) in [7, 11) is 0. The summed E-state index contributed by atoms with van der Waals surface area (Å²) < 4.78 is 10.6. The molecule has 0 bridgehead atoms. The summed E-state index contributed by atoms with van der Waals surface area (Å²) >= 11 is 0. The van der Waals surface area contributed by atoms with Crippen molar-refractivity contribution in [2.45, 2.75) is 76.0 Å². The van der Waals surface area contributed by atoms with Gasteiger partial charge in [0.05, 0.1) is 6.61 Å². The smallest absolute Gasteiger partial charge is 0.186 e. The molecule has 5 heteroatoms. The van der Waals surface area contributed by atoms with Crippen LogP contribution in [0.3, 0.4) is 0 Å². The van der Waals surface area contributed by atoms with Gasteiger partial charge in [-0.3, -0.25) is 0 Å². The van der Waals surface area contributed by atoms with E-state index in [1.54, 1.807) is 0 Å². The zero-order chi connectivity index (χ0) is 15.5. The van der Waals surface area contributed by atoms with E-state index in [1.165, 1.54) is 32.1 Å². The Bertz CT molecular complexity index is 271. The molecular formula is C16H30O5. The summed E-state index contributed by atoms with van der Waals surface area (Å²) in [6.07, 6.45) is 7.03. The quantitative estimate of drug-likeness (QED) is 0.400. The van der Waals surface area contributed by atoms with E-state index in [0.29, 0.717) is 6.61 Å². The second-order valence-electron chi connectivity index (χ2n) is 5.67. The van der Waals surface area contributed by atoms with Crippen LogP contribution in [-0.2, 0) is 9.47 Å². The van der Waals surface area contributed by atoms with Crippen molar-refractivity contribution in [3.63, 3.8) is 0 Å². The number of allylic oxidation sites excluding steroid dienone is 1. The third kappa shape index (κ3) is 7.38. The van der Waals surface area contributed by atoms with E-state index in [9.17, 15) is 15.3 Å². The second kappa shape index (κ2) is 11.2. The zero-order valence-electron chi connectivity index (χ0n) is 12.8. The Balaban J connectivity index is 1.93. The lowest BCUT2D eigenvalue weighted by Gasteiger charge is -2.34. The molecule has 1 fully saturated rings. The topological polar surface area (TPSA) is 79.2 Å². The molecule has 0 aromatic carbocycles. The third-order valence-electron chi connectivity index (χ3n) is 3.79. The Kier molecular flexibility index (Phi) is 9.87. The molecule has 0 saturated carbocycles. The first-order valence-electron chi connectivity index (χ1n) is 8.05. The van der Waals surface area contributed by atoms with Gasteiger partial charge in [-0.15, -0.1) is 6.58 Å². The maximum atomic E-state index is 9.68. The van der Waals surface area contributed by atoms with Gasteiger partial charge in [-0.2, -0.15) is 0 Å². The first-order valence-corrected chi connectivity index (χ1v) is 8.05. The lowest BCUT2D eigenvalue weighted by Crippen LogP contribution is -2.53. The highest BCUT2D eigenvalue weighted by Crippen LogP contribution is 2.17. The van der Waals surface area contributed by atoms with Gasteiger partial charge in [-0.05, 0) is 19.3 Å². The van der Waals surface area contributed by atoms with Crippen LogP contribution in [0.5, 0.6) is 0 Å². The zero-order valence-corrected chi connectivity index (χ0v) is 12.8. The summed E-state index contributed by atoms with van der Waals surface area (Å²) in [6, 6.07) is 0. The molecule has 124 valence electrons. The van der Waals surface area contributed by atoms with Gasteiger partial charge in [0.15, 0.2) is 6.29 Å². The Labute approximate surface area is 127 Å². The molecule has 0 spiro atoms. The Morgan fingerprint density at radius 1 is 0.952 bits per heavy atom. The van der Waals surface area contributed by atoms with Crippen molar-refractivity contribution < 1.29 is 24.8 Å². The predicted molar refractivity (Wildman–Crippen MR) is 80.8 cm³/mol. The molecule has 3 N–H and O–H groups in total. The Hall–Kier alpha value is -0.460. The van der Waals surface area contributed by atoms with Crippen molar-refractivity contribution in [1.82, 2.24) is 0 Å². The van der Waals surface area contributed by atoms with Crippen molar-refractivity contribution >= 4 is 0 Å². The fraction of sp³-hybridized carbons (Fsp3) is 0.875. The minimum atomic E-state index is -1.20. The van der Waals surface area contributed by atoms with Gasteiger partial charge in [0.1, 0.15) is 18.3 Å². The summed E-state index contributed by atoms with van der Waals surface area (Å²) in [6.45, 7) is 4.20. The monoisotopic (exact) mass is 302 g/mol. The van der Waals surface area contributed by atoms with E-state index >= 15 is 0 Å². The molecule has 1 saturated heterocycles. The molecule has 0 aliphatic carbocycles. The van der Waals surface area contributed by atoms with Crippen LogP contribution in [0.2, 0.25) is 0 Å². The van der Waals surface area contributed by atoms with E-state index < -0.39 is 24.6 Å². The standard InChI is InChI=1S/C16H30O5/c1-2-3-4-5-6-7-8-9-10-11-20-16-15(19)14(18)13(17)12-21-16/h2,13-19H,1,3-12H2/t13-,14+,15-,16+/m1/s1. The van der Waals surface area contributed by atoms with Gasteiger partial charge in [0, 0.05) is 6.61 Å². The van der Waals surface area contributed by atoms with Crippen LogP contribution >= 0.6 is 0 Å². The van der Waals surface area contributed by atoms with E-state index in [2.05, 4.69) is 6.58 Å². The number of unbranched alkanes of at least 4 members (excludes halogenated alkanes) is 7. The van der Waals surface area contributed by atoms with Crippen LogP contribution in [0, 0.1) is 0 Å². The van der Waals surface area contributed by atoms with Gasteiger partial charge in [0.2, 0.25) is 0 Å². The number of hydrogen-bond acceptors (Lipinski definition) is 5. The number of ether oxygens (including phenoxy) is 2. The van der Waals surface area contributed by atoms with E-state index in [1.807, 2.05) is 6.08 Å². The van der Waals surface area contributed by atoms with E-state index in [0.717, 1.165) is 19.3 Å². The lowest BCUT2D eigenvalue weighted by molar-refractivity contribution is -0.270. The normalized spacial score (nSPS) is 29.5. The number of aliphatic hydroxyl groups excluding tert-OH is 3. The predicted octanol–water partition coefficient (Wildman–Crippen LogP) is 1.75. The van der Waals surface area contributed by atoms with Crippen molar-refractivity contribution in [2.75, 3.05) is 13.2 Å². The fourth-order valence-corrected chi connectivity index (χ4v) is 2.40. The van der Waals surface area contributed by atoms with Crippen LogP contribution in [0.25, 0.3) is 0 Å². The highest BCUT2D eigenvalue weighted by atomic mass is 16.7. The van der Waals surface area contributed by atoms with Crippen LogP contribution < -0.4 is 0 Å². The number of aliphatic hydroxyl groups is 3. The molecule has 1 rings (SSSR count). The highest BCUT2D eigenvalue weighted by Gasteiger charge is 2.37. The minimum absolute atomic E-state index is 0.00635. The van der Waals surface area contributed by atoms with Gasteiger partial charge >= 0.3 is 0 Å². The molecule has 0 aromatic heterocycles. The number of rotatable bonds is 11. The van der Waals surface area contributed by atoms with E-state index in [-0.39, 0.29) is 6.61 Å². The summed E-state index contributed by atoms with van der Waals surface area (Å²) in [5.74, 6) is 0. The first-order chi connectivity index (χ1) is 10.2. The van der Waals surface area contributed by atoms with Crippen molar-refractivity contribution in [1.29, 1.82) is 0 Å². The van der Waals surface area contributed by atoms with Crippen molar-refractivity contribution in [3.8, 4) is 0 Å². The molecule has 4 atom stereocenters. The average Bonchev–Trinajstić information content (AvgIpc) is 2.49. The third-order valence-corrected chi connectivity index (χ3v) is 3.79. The van der Waals surface area contributed by atoms with Gasteiger partial charge < -0.3 is 24.8 Å². The molecule has 0 radical (unpaired) electrons. The van der Waals surface area contributed by atoms with E-state index in [4.69, 9.17) is 9.47 Å². The van der Waals surface area contributed by atoms with Crippen LogP contribution in [0.4, 0.5) is 0 Å². The Morgan fingerprint density at radius 2 is 1.57 bits per heavy atom. The molecule has 1 heterocycles. The Morgan fingerprint density at radius 3 is 2.24 bits per heavy atom.